The lowest BCUT2D eigenvalue weighted by molar-refractivity contribution is -0.670. The van der Waals surface area contributed by atoms with Gasteiger partial charge in [-0.25, -0.2) is 0 Å². The predicted octanol–water partition coefficient (Wildman–Crippen LogP) is 8.74. The Kier molecular flexibility index (Phi) is 8.20. The molecule has 0 bridgehead atoms. The second kappa shape index (κ2) is 12.3. The van der Waals surface area contributed by atoms with Crippen molar-refractivity contribution in [2.24, 2.45) is 0 Å². The molecule has 0 fully saturated rings. The first-order chi connectivity index (χ1) is 20.6. The first-order valence-corrected chi connectivity index (χ1v) is 15.4. The minimum Gasteiger partial charge on any atom is -0.496 e. The van der Waals surface area contributed by atoms with Crippen molar-refractivity contribution >= 4 is 34.4 Å². The summed E-state index contributed by atoms with van der Waals surface area (Å²) in [5.41, 5.74) is 8.49. The fraction of sp³-hybridized carbons (Fsp3) is 0.216. The Balaban J connectivity index is 1.41. The minimum atomic E-state index is 0.806. The normalized spacial score (nSPS) is 13.5. The molecule has 2 heterocycles. The zero-order chi connectivity index (χ0) is 29.1. The molecule has 6 rings (SSSR count). The molecule has 0 atom stereocenters. The molecule has 0 aliphatic carbocycles. The van der Waals surface area contributed by atoms with Crippen molar-refractivity contribution in [1.29, 1.82) is 0 Å². The van der Waals surface area contributed by atoms with Crippen molar-refractivity contribution in [2.45, 2.75) is 37.6 Å². The van der Waals surface area contributed by atoms with Gasteiger partial charge in [0, 0.05) is 36.1 Å². The molecule has 0 amide bonds. The molecule has 0 saturated carbocycles. The number of rotatable bonds is 9. The summed E-state index contributed by atoms with van der Waals surface area (Å²) in [6.07, 6.45) is 5.75. The molecule has 1 aliphatic heterocycles. The van der Waals surface area contributed by atoms with Gasteiger partial charge in [-0.15, -0.1) is 0 Å². The Bertz CT molecular complexity index is 1740. The summed E-state index contributed by atoms with van der Waals surface area (Å²) < 4.78 is 13.9. The predicted molar refractivity (Wildman–Crippen MR) is 176 cm³/mol. The van der Waals surface area contributed by atoms with Crippen LogP contribution in [0.5, 0.6) is 11.5 Å². The van der Waals surface area contributed by atoms with Crippen molar-refractivity contribution in [3.8, 4) is 22.6 Å². The average molecular weight is 574 g/mol. The van der Waals surface area contributed by atoms with Gasteiger partial charge in [-0.1, -0.05) is 79.7 Å². The van der Waals surface area contributed by atoms with Crippen molar-refractivity contribution in [1.82, 2.24) is 0 Å². The van der Waals surface area contributed by atoms with Crippen LogP contribution >= 0.6 is 11.8 Å². The van der Waals surface area contributed by atoms with Crippen LogP contribution in [0.15, 0.2) is 107 Å². The van der Waals surface area contributed by atoms with Crippen molar-refractivity contribution in [3.63, 3.8) is 0 Å². The van der Waals surface area contributed by atoms with Crippen LogP contribution in [-0.2, 0) is 13.0 Å². The number of aryl methyl sites for hydroxylation is 1. The van der Waals surface area contributed by atoms with Crippen LogP contribution < -0.4 is 18.9 Å². The molecule has 4 nitrogen and oxygen atoms in total. The van der Waals surface area contributed by atoms with Crippen LogP contribution in [0, 0.1) is 0 Å². The number of nitrogens with zero attached hydrogens (tertiary/aromatic N) is 2. The van der Waals surface area contributed by atoms with Gasteiger partial charge < -0.3 is 14.4 Å². The van der Waals surface area contributed by atoms with E-state index in [0.29, 0.717) is 0 Å². The van der Waals surface area contributed by atoms with Gasteiger partial charge >= 0.3 is 0 Å². The summed E-state index contributed by atoms with van der Waals surface area (Å²) in [6.45, 7) is 3.13. The second-order valence-electron chi connectivity index (χ2n) is 10.6. The highest BCUT2D eigenvalue weighted by atomic mass is 32.2. The molecule has 0 N–H and O–H groups in total. The molecule has 5 aromatic rings. The topological polar surface area (TPSA) is 25.6 Å². The van der Waals surface area contributed by atoms with Crippen LogP contribution in [0.4, 0.5) is 5.69 Å². The molecular formula is C37H37N2O2S+. The second-order valence-corrected chi connectivity index (χ2v) is 11.7. The van der Waals surface area contributed by atoms with Gasteiger partial charge in [-0.3, -0.25) is 0 Å². The lowest BCUT2D eigenvalue weighted by Crippen LogP contribution is -2.40. The highest BCUT2D eigenvalue weighted by Gasteiger charge is 2.25. The number of para-hydroxylation sites is 1. The standard InChI is InChI=1S/C37H37N2O2S/c1-5-6-15-29-22-28(30-16-10-11-17-31(30)39(29)25-26-13-8-7-9-14-26)24-36-38(2)32-21-20-27(23-35(32)42-36)37-33(40-3)18-12-19-34(37)41-4/h7-14,16-24H,5-6,15,25H2,1-4H3/q+1. The fourth-order valence-electron chi connectivity index (χ4n) is 5.80. The van der Waals surface area contributed by atoms with Crippen molar-refractivity contribution < 1.29 is 14.0 Å². The highest BCUT2D eigenvalue weighted by molar-refractivity contribution is 8.03. The molecule has 0 radical (unpaired) electrons. The molecular weight excluding hydrogens is 536 g/mol. The van der Waals surface area contributed by atoms with Crippen LogP contribution in [0.1, 0.15) is 36.6 Å². The summed E-state index contributed by atoms with van der Waals surface area (Å²) in [5.74, 6) is 1.61. The SMILES string of the molecule is CCCCc1cc(C=C2Sc3cc(-c4c(OC)cccc4OC)ccc3N2C)c2ccccc2[n+]1Cc1ccccc1. The summed E-state index contributed by atoms with van der Waals surface area (Å²) in [7, 11) is 5.57. The number of fused-ring (bicyclic) bond motifs is 2. The van der Waals surface area contributed by atoms with E-state index in [2.05, 4.69) is 108 Å². The molecule has 0 unspecified atom stereocenters. The largest absolute Gasteiger partial charge is 0.496 e. The highest BCUT2D eigenvalue weighted by Crippen LogP contribution is 2.49. The lowest BCUT2D eigenvalue weighted by Gasteiger charge is -2.16. The van der Waals surface area contributed by atoms with E-state index in [9.17, 15) is 0 Å². The van der Waals surface area contributed by atoms with Gasteiger partial charge in [0.25, 0.3) is 0 Å². The smallest absolute Gasteiger partial charge is 0.213 e. The van der Waals surface area contributed by atoms with E-state index >= 15 is 0 Å². The number of thioether (sulfide) groups is 1. The van der Waals surface area contributed by atoms with Gasteiger partial charge in [0.05, 0.1) is 35.9 Å². The Morgan fingerprint density at radius 2 is 1.57 bits per heavy atom. The van der Waals surface area contributed by atoms with Crippen molar-refractivity contribution in [3.05, 3.63) is 119 Å². The number of anilines is 1. The van der Waals surface area contributed by atoms with Crippen molar-refractivity contribution in [2.75, 3.05) is 26.2 Å². The maximum atomic E-state index is 5.70. The van der Waals surface area contributed by atoms with Gasteiger partial charge in [-0.2, -0.15) is 4.57 Å². The number of ether oxygens (including phenoxy) is 2. The molecule has 1 aliphatic rings. The molecule has 0 saturated heterocycles. The number of methoxy groups -OCH3 is 2. The first-order valence-electron chi connectivity index (χ1n) is 14.6. The molecule has 1 aromatic heterocycles. The first kappa shape index (κ1) is 27.9. The summed E-state index contributed by atoms with van der Waals surface area (Å²) in [4.78, 5) is 3.52. The monoisotopic (exact) mass is 573 g/mol. The zero-order valence-corrected chi connectivity index (χ0v) is 25.6. The number of hydrogen-bond donors (Lipinski definition) is 0. The number of aromatic nitrogens is 1. The minimum absolute atomic E-state index is 0.806. The van der Waals surface area contributed by atoms with Crippen LogP contribution in [-0.4, -0.2) is 21.3 Å². The molecule has 212 valence electrons. The fourth-order valence-corrected chi connectivity index (χ4v) is 6.95. The lowest BCUT2D eigenvalue weighted by atomic mass is 10.0. The summed E-state index contributed by atoms with van der Waals surface area (Å²) in [5, 5.41) is 2.48. The Labute approximate surface area is 253 Å². The summed E-state index contributed by atoms with van der Waals surface area (Å²) >= 11 is 1.81. The Hall–Kier alpha value is -4.22. The van der Waals surface area contributed by atoms with Gasteiger partial charge in [0.15, 0.2) is 12.2 Å². The van der Waals surface area contributed by atoms with Gasteiger partial charge in [-0.05, 0) is 54.0 Å². The zero-order valence-electron chi connectivity index (χ0n) is 24.8. The third kappa shape index (κ3) is 5.37. The van der Waals surface area contributed by atoms with Crippen LogP contribution in [0.25, 0.3) is 28.1 Å². The van der Waals surface area contributed by atoms with E-state index in [0.717, 1.165) is 35.6 Å². The number of pyridine rings is 1. The Morgan fingerprint density at radius 3 is 2.31 bits per heavy atom. The third-order valence-corrected chi connectivity index (χ3v) is 9.15. The average Bonchev–Trinajstić information content (AvgIpc) is 3.35. The van der Waals surface area contributed by atoms with E-state index in [4.69, 9.17) is 9.47 Å². The van der Waals surface area contributed by atoms with Gasteiger partial charge in [0.1, 0.15) is 11.5 Å². The maximum Gasteiger partial charge on any atom is 0.213 e. The van der Waals surface area contributed by atoms with Gasteiger partial charge in [0.2, 0.25) is 5.52 Å². The number of unbranched alkanes of at least 4 members (excludes halogenated alkanes) is 1. The van der Waals surface area contributed by atoms with E-state index in [1.165, 1.54) is 56.2 Å². The quantitative estimate of drug-likeness (QED) is 0.165. The summed E-state index contributed by atoms with van der Waals surface area (Å²) in [6, 6.07) is 34.6. The Morgan fingerprint density at radius 1 is 0.833 bits per heavy atom. The van der Waals surface area contributed by atoms with E-state index in [1.54, 1.807) is 14.2 Å². The third-order valence-electron chi connectivity index (χ3n) is 8.01. The maximum absolute atomic E-state index is 5.70. The molecule has 42 heavy (non-hydrogen) atoms. The van der Waals surface area contributed by atoms with E-state index in [1.807, 2.05) is 30.0 Å². The number of hydrogen-bond acceptors (Lipinski definition) is 4. The molecule has 5 heteroatoms. The van der Waals surface area contributed by atoms with Crippen LogP contribution in [0.3, 0.4) is 0 Å². The van der Waals surface area contributed by atoms with E-state index < -0.39 is 0 Å². The van der Waals surface area contributed by atoms with E-state index in [-0.39, 0.29) is 0 Å². The number of benzene rings is 4. The molecule has 0 spiro atoms. The van der Waals surface area contributed by atoms with Crippen LogP contribution in [0.2, 0.25) is 0 Å². The molecule has 4 aromatic carbocycles.